The molecule has 1 aliphatic heterocycles. The first-order chi connectivity index (χ1) is 10.9. The van der Waals surface area contributed by atoms with Crippen LogP contribution in [0.2, 0.25) is 0 Å². The maximum absolute atomic E-state index is 12.9. The Hall–Kier alpha value is -1.31. The number of benzene rings is 1. The summed E-state index contributed by atoms with van der Waals surface area (Å²) in [6.07, 6.45) is -2.75. The molecule has 0 bridgehead atoms. The van der Waals surface area contributed by atoms with Crippen molar-refractivity contribution in [1.82, 2.24) is 0 Å². The number of aryl methyl sites for hydroxylation is 1. The largest absolute Gasteiger partial charge is 0.491 e. The molecular weight excluding hydrogens is 318 g/mol. The van der Waals surface area contributed by atoms with Crippen LogP contribution in [0.25, 0.3) is 6.08 Å². The number of nitrogens with two attached hydrogens (primary N) is 1. The van der Waals surface area contributed by atoms with Crippen molar-refractivity contribution in [2.75, 3.05) is 6.54 Å². The van der Waals surface area contributed by atoms with Gasteiger partial charge >= 0.3 is 13.3 Å². The molecule has 0 saturated carbocycles. The van der Waals surface area contributed by atoms with Gasteiger partial charge in [-0.2, -0.15) is 13.2 Å². The van der Waals surface area contributed by atoms with Crippen LogP contribution in [-0.2, 0) is 15.5 Å². The predicted octanol–water partition coefficient (Wildman–Crippen LogP) is 3.99. The number of rotatable bonds is 3. The molecule has 1 aromatic carbocycles. The molecule has 0 unspecified atom stereocenters. The molecule has 1 fully saturated rings. The molecule has 0 atom stereocenters. The van der Waals surface area contributed by atoms with E-state index >= 15 is 0 Å². The first kappa shape index (κ1) is 19.0. The molecule has 1 aliphatic rings. The highest BCUT2D eigenvalue weighted by Crippen LogP contribution is 2.39. The van der Waals surface area contributed by atoms with E-state index in [0.29, 0.717) is 11.0 Å². The van der Waals surface area contributed by atoms with Crippen LogP contribution in [0.4, 0.5) is 13.2 Å². The van der Waals surface area contributed by atoms with Gasteiger partial charge in [-0.1, -0.05) is 12.1 Å². The van der Waals surface area contributed by atoms with Crippen LogP contribution in [0, 0.1) is 6.92 Å². The zero-order chi connectivity index (χ0) is 18.3. The lowest BCUT2D eigenvalue weighted by molar-refractivity contribution is -0.137. The molecule has 7 heteroatoms. The van der Waals surface area contributed by atoms with Crippen molar-refractivity contribution >= 4 is 13.2 Å². The molecular formula is C17H23BF3NO2. The summed E-state index contributed by atoms with van der Waals surface area (Å²) in [5, 5.41) is 0. The standard InChI is InChI=1S/C17H23BF3NO2/c1-11-6-7-13(17(19,20)21)8-12(11)9-14(10-22)18-23-15(2,3)16(4,5)24-18/h6-9H,10,22H2,1-5H3. The molecule has 2 rings (SSSR count). The topological polar surface area (TPSA) is 44.5 Å². The summed E-state index contributed by atoms with van der Waals surface area (Å²) in [5.41, 5.74) is 5.84. The third kappa shape index (κ3) is 3.68. The summed E-state index contributed by atoms with van der Waals surface area (Å²) in [7, 11) is -0.672. The van der Waals surface area contributed by atoms with Crippen molar-refractivity contribution in [3.05, 3.63) is 40.4 Å². The molecule has 0 aromatic heterocycles. The van der Waals surface area contributed by atoms with E-state index in [9.17, 15) is 13.2 Å². The van der Waals surface area contributed by atoms with Gasteiger partial charge in [0.1, 0.15) is 0 Å². The van der Waals surface area contributed by atoms with E-state index in [0.717, 1.165) is 17.7 Å². The minimum absolute atomic E-state index is 0.131. The van der Waals surface area contributed by atoms with E-state index in [1.807, 2.05) is 27.7 Å². The summed E-state index contributed by atoms with van der Waals surface area (Å²) in [5.74, 6) is 0. The molecule has 1 aromatic rings. The second kappa shape index (κ2) is 6.21. The van der Waals surface area contributed by atoms with E-state index < -0.39 is 30.1 Å². The number of halogens is 3. The van der Waals surface area contributed by atoms with Gasteiger partial charge < -0.3 is 15.0 Å². The van der Waals surface area contributed by atoms with Gasteiger partial charge in [-0.15, -0.1) is 0 Å². The van der Waals surface area contributed by atoms with Crippen molar-refractivity contribution in [3.8, 4) is 0 Å². The van der Waals surface area contributed by atoms with E-state index in [4.69, 9.17) is 15.0 Å². The highest BCUT2D eigenvalue weighted by atomic mass is 19.4. The van der Waals surface area contributed by atoms with Crippen LogP contribution in [0.3, 0.4) is 0 Å². The molecule has 3 nitrogen and oxygen atoms in total. The van der Waals surface area contributed by atoms with Crippen LogP contribution >= 0.6 is 0 Å². The molecule has 2 N–H and O–H groups in total. The summed E-state index contributed by atoms with van der Waals surface area (Å²) in [6.45, 7) is 9.54. The number of alkyl halides is 3. The zero-order valence-corrected chi connectivity index (χ0v) is 14.6. The molecule has 132 valence electrons. The number of hydrogen-bond donors (Lipinski definition) is 1. The lowest BCUT2D eigenvalue weighted by Gasteiger charge is -2.32. The van der Waals surface area contributed by atoms with Crippen LogP contribution in [-0.4, -0.2) is 24.9 Å². The van der Waals surface area contributed by atoms with Crippen molar-refractivity contribution in [2.45, 2.75) is 52.0 Å². The lowest BCUT2D eigenvalue weighted by Crippen LogP contribution is -2.41. The predicted molar refractivity (Wildman–Crippen MR) is 89.3 cm³/mol. The fourth-order valence-corrected chi connectivity index (χ4v) is 2.39. The van der Waals surface area contributed by atoms with Gasteiger partial charge in [-0.05, 0) is 63.4 Å². The van der Waals surface area contributed by atoms with Crippen LogP contribution in [0.15, 0.2) is 23.7 Å². The second-order valence-corrected chi connectivity index (χ2v) is 7.08. The van der Waals surface area contributed by atoms with Gasteiger partial charge in [-0.3, -0.25) is 0 Å². The van der Waals surface area contributed by atoms with Gasteiger partial charge in [0.15, 0.2) is 0 Å². The second-order valence-electron chi connectivity index (χ2n) is 7.08. The highest BCUT2D eigenvalue weighted by molar-refractivity contribution is 6.55. The highest BCUT2D eigenvalue weighted by Gasteiger charge is 2.52. The van der Waals surface area contributed by atoms with E-state index in [1.54, 1.807) is 13.0 Å². The Morgan fingerprint density at radius 2 is 1.71 bits per heavy atom. The van der Waals surface area contributed by atoms with Crippen molar-refractivity contribution in [1.29, 1.82) is 0 Å². The average molecular weight is 341 g/mol. The van der Waals surface area contributed by atoms with E-state index in [2.05, 4.69) is 0 Å². The summed E-state index contributed by atoms with van der Waals surface area (Å²) >= 11 is 0. The maximum Gasteiger partial charge on any atom is 0.491 e. The third-order valence-electron chi connectivity index (χ3n) is 4.74. The van der Waals surface area contributed by atoms with E-state index in [-0.39, 0.29) is 6.54 Å². The molecule has 24 heavy (non-hydrogen) atoms. The van der Waals surface area contributed by atoms with Crippen molar-refractivity contribution in [2.24, 2.45) is 5.73 Å². The van der Waals surface area contributed by atoms with Crippen LogP contribution in [0.1, 0.15) is 44.4 Å². The molecule has 0 radical (unpaired) electrons. The summed E-state index contributed by atoms with van der Waals surface area (Å²) in [4.78, 5) is 0. The minimum atomic E-state index is -4.39. The van der Waals surface area contributed by atoms with E-state index in [1.165, 1.54) is 6.07 Å². The maximum atomic E-state index is 12.9. The molecule has 0 aliphatic carbocycles. The fourth-order valence-electron chi connectivity index (χ4n) is 2.39. The smallest absolute Gasteiger partial charge is 0.400 e. The minimum Gasteiger partial charge on any atom is -0.400 e. The molecule has 0 spiro atoms. The Labute approximate surface area is 141 Å². The van der Waals surface area contributed by atoms with Gasteiger partial charge in [0.05, 0.1) is 16.8 Å². The quantitative estimate of drug-likeness (QED) is 0.846. The Morgan fingerprint density at radius 1 is 1.17 bits per heavy atom. The third-order valence-corrected chi connectivity index (χ3v) is 4.74. The van der Waals surface area contributed by atoms with Gasteiger partial charge in [0.2, 0.25) is 0 Å². The molecule has 1 saturated heterocycles. The fraction of sp³-hybridized carbons (Fsp3) is 0.529. The number of hydrogen-bond acceptors (Lipinski definition) is 3. The van der Waals surface area contributed by atoms with Crippen molar-refractivity contribution in [3.63, 3.8) is 0 Å². The Morgan fingerprint density at radius 3 is 2.17 bits per heavy atom. The Bertz CT molecular complexity index is 638. The van der Waals surface area contributed by atoms with Crippen LogP contribution in [0.5, 0.6) is 0 Å². The average Bonchev–Trinajstić information content (AvgIpc) is 2.65. The zero-order valence-electron chi connectivity index (χ0n) is 14.6. The summed E-state index contributed by atoms with van der Waals surface area (Å²) in [6, 6.07) is 3.65. The van der Waals surface area contributed by atoms with Crippen LogP contribution < -0.4 is 5.73 Å². The van der Waals surface area contributed by atoms with Gasteiger partial charge in [0, 0.05) is 6.54 Å². The SMILES string of the molecule is Cc1ccc(C(F)(F)F)cc1C=C(CN)B1OC(C)(C)C(C)(C)O1. The first-order valence-electron chi connectivity index (χ1n) is 7.81. The van der Waals surface area contributed by atoms with Gasteiger partial charge in [0.25, 0.3) is 0 Å². The molecule has 0 amide bonds. The van der Waals surface area contributed by atoms with Gasteiger partial charge in [-0.25, -0.2) is 0 Å². The molecule has 1 heterocycles. The Balaban J connectivity index is 2.39. The lowest BCUT2D eigenvalue weighted by atomic mass is 9.76. The summed E-state index contributed by atoms with van der Waals surface area (Å²) < 4.78 is 50.7. The normalized spacial score (nSPS) is 20.5. The Kier molecular flexibility index (Phi) is 4.92. The van der Waals surface area contributed by atoms with Crippen molar-refractivity contribution < 1.29 is 22.5 Å². The first-order valence-corrected chi connectivity index (χ1v) is 7.81. The monoisotopic (exact) mass is 341 g/mol.